The summed E-state index contributed by atoms with van der Waals surface area (Å²) in [5.41, 5.74) is 22.2. The molecular formula is C59H100ClN15O17S2. The summed E-state index contributed by atoms with van der Waals surface area (Å²) in [4.78, 5) is 162. The van der Waals surface area contributed by atoms with Crippen molar-refractivity contribution in [3.63, 3.8) is 0 Å². The lowest BCUT2D eigenvalue weighted by molar-refractivity contribution is -0.141. The molecule has 19 N–H and O–H groups in total. The molecule has 0 aliphatic rings. The number of nitrogens with zero attached hydrogens (tertiary/aromatic N) is 1. The number of primary amides is 1. The fourth-order valence-electron chi connectivity index (χ4n) is 7.96. The van der Waals surface area contributed by atoms with Gasteiger partial charge in [-0.3, -0.25) is 62.5 Å². The predicted molar refractivity (Wildman–Crippen MR) is 356 cm³/mol. The van der Waals surface area contributed by atoms with E-state index in [4.69, 9.17) is 53.5 Å². The second-order valence-corrected chi connectivity index (χ2v) is 27.1. The molecule has 7 atom stereocenters. The maximum absolute atomic E-state index is 14.4. The third-order valence-electron chi connectivity index (χ3n) is 12.7. The first-order valence-electron chi connectivity index (χ1n) is 30.7. The van der Waals surface area contributed by atoms with E-state index in [2.05, 4.69) is 58.2 Å². The van der Waals surface area contributed by atoms with Crippen LogP contribution in [-0.2, 0) is 82.9 Å². The standard InChI is InChI=1S/C59H100ClN15O17S2/c1-8-38(50(82)66-22-24-90-26-28-91-27-25-89-23-21-65-48(79)34-92-33-45(62)76)71-53(85)41(29-37-15-10-9-11-16-37)73-56(88)44(36-94-59(5,6)7)75-54(86)42(30-49(80)81)70-47(78)32-68-51(83)39(18-14-20-67-57(63)64)72-55(87)43(35-93-58(2,3)4)74-52(84)40(17-12-13-19-61)69-46(77)31-60/h9-11,15-16,38-44H,8,12-14,17-36,61H2,1-7H3,(H2,62,76)(H,65,79)(H,66,82)(H,68,83)(H,69,77)(H,70,78)(H,71,85)(H,72,87)(H,73,88)(H,74,84)(H,75,86)(H,80,81)(H4,63,64,67)/t38-,39-,40-,41-,42-,43?,44-/m0/s1. The van der Waals surface area contributed by atoms with Gasteiger partial charge in [-0.1, -0.05) is 78.8 Å². The van der Waals surface area contributed by atoms with E-state index in [-0.39, 0.29) is 122 Å². The van der Waals surface area contributed by atoms with Crippen molar-refractivity contribution in [2.24, 2.45) is 27.9 Å². The molecule has 0 saturated carbocycles. The maximum Gasteiger partial charge on any atom is 0.305 e. The van der Waals surface area contributed by atoms with Gasteiger partial charge >= 0.3 is 5.97 Å². The molecule has 0 spiro atoms. The van der Waals surface area contributed by atoms with Crippen molar-refractivity contribution in [1.29, 1.82) is 0 Å². The quantitative estimate of drug-likeness (QED) is 0.0133. The zero-order valence-corrected chi connectivity index (χ0v) is 57.2. The topological polar surface area (TPSA) is 499 Å². The molecule has 1 unspecified atom stereocenters. The minimum atomic E-state index is -1.83. The monoisotopic (exact) mass is 1390 g/mol. The number of amides is 11. The number of unbranched alkanes of at least 4 members (excludes halogenated alkanes) is 1. The number of aliphatic imine (C=N–C) groups is 1. The van der Waals surface area contributed by atoms with Crippen molar-refractivity contribution in [1.82, 2.24) is 53.2 Å². The SMILES string of the molecule is CC[C@H](NC(=O)[C@H](Cc1ccccc1)NC(=O)[C@H](CSC(C)(C)C)NC(=O)[C@H](CC(=O)O)NC(=O)CNC(=O)[C@H](CCCN=C(N)N)NC(=O)C(CSC(C)(C)C)NC(=O)[C@H](CCCCN)NC(=O)CCl)C(=O)NCCOCCOCCOCCNC(=O)COCC(N)=O. The Labute approximate surface area is 562 Å². The Balaban J connectivity index is 3.22. The first-order chi connectivity index (χ1) is 44.4. The molecule has 532 valence electrons. The van der Waals surface area contributed by atoms with Gasteiger partial charge in [-0.25, -0.2) is 0 Å². The second kappa shape index (κ2) is 47.7. The highest BCUT2D eigenvalue weighted by molar-refractivity contribution is 8.00. The Morgan fingerprint density at radius 3 is 1.52 bits per heavy atom. The number of carboxylic acids is 1. The predicted octanol–water partition coefficient (Wildman–Crippen LogP) is -3.11. The van der Waals surface area contributed by atoms with Crippen LogP contribution < -0.4 is 76.1 Å². The van der Waals surface area contributed by atoms with Crippen LogP contribution in [0.4, 0.5) is 0 Å². The molecule has 0 fully saturated rings. The van der Waals surface area contributed by atoms with Gasteiger partial charge in [0, 0.05) is 47.1 Å². The number of hydrogen-bond donors (Lipinski definition) is 15. The van der Waals surface area contributed by atoms with Crippen LogP contribution in [-0.4, -0.2) is 237 Å². The number of thioether (sulfide) groups is 2. The van der Waals surface area contributed by atoms with Crippen LogP contribution in [0.2, 0.25) is 0 Å². The van der Waals surface area contributed by atoms with Crippen LogP contribution in [0.3, 0.4) is 0 Å². The first kappa shape index (κ1) is 84.9. The van der Waals surface area contributed by atoms with Gasteiger partial charge in [-0.05, 0) is 50.6 Å². The van der Waals surface area contributed by atoms with E-state index in [0.29, 0.717) is 24.9 Å². The largest absolute Gasteiger partial charge is 0.481 e. The molecule has 0 saturated heterocycles. The van der Waals surface area contributed by atoms with Gasteiger partial charge in [-0.15, -0.1) is 11.6 Å². The molecule has 32 nitrogen and oxygen atoms in total. The van der Waals surface area contributed by atoms with Crippen molar-refractivity contribution in [2.75, 3.05) is 103 Å². The third kappa shape index (κ3) is 41.6. The average molecular weight is 1390 g/mol. The molecule has 0 aromatic heterocycles. The summed E-state index contributed by atoms with van der Waals surface area (Å²) in [6, 6.07) is -0.715. The van der Waals surface area contributed by atoms with Gasteiger partial charge in [0.1, 0.15) is 61.4 Å². The average Bonchev–Trinajstić information content (AvgIpc) is 0.976. The van der Waals surface area contributed by atoms with Crippen molar-refractivity contribution >= 4 is 112 Å². The third-order valence-corrected chi connectivity index (χ3v) is 15.7. The summed E-state index contributed by atoms with van der Waals surface area (Å²) in [6.07, 6.45) is 0.326. The molecule has 0 aliphatic carbocycles. The summed E-state index contributed by atoms with van der Waals surface area (Å²) in [5.74, 6) is -10.7. The Kier molecular flexibility index (Phi) is 43.1. The summed E-state index contributed by atoms with van der Waals surface area (Å²) in [5, 5.41) is 35.8. The van der Waals surface area contributed by atoms with Crippen LogP contribution in [0.15, 0.2) is 35.3 Å². The van der Waals surface area contributed by atoms with Crippen LogP contribution >= 0.6 is 35.1 Å². The minimum Gasteiger partial charge on any atom is -0.481 e. The molecule has 1 rings (SSSR count). The number of nitrogens with two attached hydrogens (primary N) is 4. The maximum atomic E-state index is 14.4. The van der Waals surface area contributed by atoms with Gasteiger partial charge in [0.25, 0.3) is 0 Å². The van der Waals surface area contributed by atoms with E-state index in [9.17, 15) is 62.6 Å². The number of carboxylic acid groups (broad SMARTS) is 1. The summed E-state index contributed by atoms with van der Waals surface area (Å²) in [7, 11) is 0. The number of carbonyl (C=O) groups is 12. The van der Waals surface area contributed by atoms with E-state index in [1.54, 1.807) is 37.3 Å². The van der Waals surface area contributed by atoms with Crippen molar-refractivity contribution in [3.05, 3.63) is 35.9 Å². The van der Waals surface area contributed by atoms with Gasteiger partial charge in [0.2, 0.25) is 65.0 Å². The number of benzene rings is 1. The Morgan fingerprint density at radius 2 is 1.00 bits per heavy atom. The van der Waals surface area contributed by atoms with E-state index < -0.39 is 142 Å². The molecule has 0 aliphatic heterocycles. The number of nitrogens with one attached hydrogen (secondary N) is 10. The number of ether oxygens (including phenoxy) is 4. The van der Waals surface area contributed by atoms with E-state index >= 15 is 0 Å². The normalized spacial score (nSPS) is 13.5. The molecular weight excluding hydrogens is 1290 g/mol. The molecule has 35 heteroatoms. The summed E-state index contributed by atoms with van der Waals surface area (Å²) < 4.78 is 20.3. The first-order valence-corrected chi connectivity index (χ1v) is 33.3. The summed E-state index contributed by atoms with van der Waals surface area (Å²) in [6.45, 7) is 13.2. The fourth-order valence-corrected chi connectivity index (χ4v) is 9.84. The van der Waals surface area contributed by atoms with Crippen molar-refractivity contribution in [3.8, 4) is 0 Å². The molecule has 1 aromatic rings. The highest BCUT2D eigenvalue weighted by Gasteiger charge is 2.35. The van der Waals surface area contributed by atoms with E-state index in [1.165, 1.54) is 23.5 Å². The zero-order chi connectivity index (χ0) is 70.7. The number of guanidine groups is 1. The number of alkyl halides is 1. The van der Waals surface area contributed by atoms with E-state index in [1.807, 2.05) is 41.5 Å². The highest BCUT2D eigenvalue weighted by atomic mass is 35.5. The lowest BCUT2D eigenvalue weighted by Gasteiger charge is -2.28. The van der Waals surface area contributed by atoms with Crippen LogP contribution in [0.5, 0.6) is 0 Å². The number of carbonyl (C=O) groups excluding carboxylic acids is 11. The van der Waals surface area contributed by atoms with Gasteiger partial charge in [0.05, 0.1) is 52.6 Å². The molecule has 1 aromatic carbocycles. The van der Waals surface area contributed by atoms with Crippen molar-refractivity contribution < 1.29 is 81.6 Å². The second-order valence-electron chi connectivity index (χ2n) is 23.1. The molecule has 0 heterocycles. The number of halogens is 1. The fraction of sp³-hybridized carbons (Fsp3) is 0.678. The van der Waals surface area contributed by atoms with Crippen LogP contribution in [0.1, 0.15) is 99.0 Å². The minimum absolute atomic E-state index is 0.0203. The number of hydrogen-bond acceptors (Lipinski definition) is 20. The smallest absolute Gasteiger partial charge is 0.305 e. The van der Waals surface area contributed by atoms with Crippen molar-refractivity contribution in [2.45, 2.75) is 152 Å². The molecule has 0 radical (unpaired) electrons. The summed E-state index contributed by atoms with van der Waals surface area (Å²) >= 11 is 8.31. The lowest BCUT2D eigenvalue weighted by Crippen LogP contribution is -2.60. The van der Waals surface area contributed by atoms with E-state index in [0.717, 1.165) is 0 Å². The highest BCUT2D eigenvalue weighted by Crippen LogP contribution is 2.25. The van der Waals surface area contributed by atoms with Gasteiger partial charge < -0.3 is 100 Å². The molecule has 94 heavy (non-hydrogen) atoms. The van der Waals surface area contributed by atoms with Gasteiger partial charge in [-0.2, -0.15) is 23.5 Å². The molecule has 11 amide bonds. The zero-order valence-electron chi connectivity index (χ0n) is 54.8. The van der Waals surface area contributed by atoms with Crippen LogP contribution in [0, 0.1) is 0 Å². The number of rotatable bonds is 50. The Bertz CT molecular complexity index is 2580. The Morgan fingerprint density at radius 1 is 0.532 bits per heavy atom. The molecule has 0 bridgehead atoms. The van der Waals surface area contributed by atoms with Crippen LogP contribution in [0.25, 0.3) is 0 Å². The Hall–Kier alpha value is -7.08. The van der Waals surface area contributed by atoms with Gasteiger partial charge in [0.15, 0.2) is 5.96 Å². The lowest BCUT2D eigenvalue weighted by atomic mass is 10.0. The number of aliphatic carboxylic acids is 1.